The minimum Gasteiger partial charge on any atom is -0.497 e. The summed E-state index contributed by atoms with van der Waals surface area (Å²) in [6.07, 6.45) is 3.58. The fourth-order valence-corrected chi connectivity index (χ4v) is 5.49. The van der Waals surface area contributed by atoms with Crippen LogP contribution < -0.4 is 9.47 Å². The predicted octanol–water partition coefficient (Wildman–Crippen LogP) is 6.88. The molecular weight excluding hydrogens is 544 g/mol. The lowest BCUT2D eigenvalue weighted by Crippen LogP contribution is -2.38. The van der Waals surface area contributed by atoms with Crippen LogP contribution in [0, 0.1) is 0 Å². The van der Waals surface area contributed by atoms with Gasteiger partial charge >= 0.3 is 0 Å². The second-order valence-corrected chi connectivity index (χ2v) is 11.9. The quantitative estimate of drug-likeness (QED) is 0.173. The van der Waals surface area contributed by atoms with Gasteiger partial charge in [-0.05, 0) is 86.9 Å². The molecule has 1 saturated heterocycles. The summed E-state index contributed by atoms with van der Waals surface area (Å²) in [5, 5.41) is 9.90. The van der Waals surface area contributed by atoms with E-state index >= 15 is 0 Å². The van der Waals surface area contributed by atoms with Gasteiger partial charge in [0.05, 0.1) is 64.1 Å². The first-order valence-corrected chi connectivity index (χ1v) is 15.3. The van der Waals surface area contributed by atoms with Gasteiger partial charge < -0.3 is 33.5 Å². The Morgan fingerprint density at radius 2 is 1.44 bits per heavy atom. The molecule has 1 aliphatic rings. The Kier molecular flexibility index (Phi) is 12.4. The Morgan fingerprint density at radius 1 is 0.837 bits per heavy atom. The van der Waals surface area contributed by atoms with Gasteiger partial charge in [0, 0.05) is 6.61 Å². The molecule has 7 nitrogen and oxygen atoms in total. The monoisotopic (exact) mass is 592 g/mol. The van der Waals surface area contributed by atoms with Crippen LogP contribution >= 0.6 is 0 Å². The number of ether oxygens (including phenoxy) is 6. The molecular formula is C36H48O7. The van der Waals surface area contributed by atoms with Gasteiger partial charge in [-0.1, -0.05) is 54.6 Å². The van der Waals surface area contributed by atoms with E-state index in [4.69, 9.17) is 28.4 Å². The van der Waals surface area contributed by atoms with Crippen LogP contribution in [-0.2, 0) is 38.8 Å². The van der Waals surface area contributed by atoms with Crippen LogP contribution in [0.2, 0.25) is 0 Å². The van der Waals surface area contributed by atoms with Crippen molar-refractivity contribution in [1.29, 1.82) is 0 Å². The van der Waals surface area contributed by atoms with E-state index in [0.29, 0.717) is 32.8 Å². The van der Waals surface area contributed by atoms with E-state index in [9.17, 15) is 5.11 Å². The average Bonchev–Trinajstić information content (AvgIpc) is 3.42. The molecule has 3 aromatic carbocycles. The molecule has 0 unspecified atom stereocenters. The Morgan fingerprint density at radius 3 is 2.05 bits per heavy atom. The summed E-state index contributed by atoms with van der Waals surface area (Å²) < 4.78 is 36.4. The summed E-state index contributed by atoms with van der Waals surface area (Å²) in [6, 6.07) is 26.0. The topological polar surface area (TPSA) is 75.6 Å². The fraction of sp³-hybridized carbons (Fsp3) is 0.500. The molecule has 234 valence electrons. The number of rotatable bonds is 18. The largest absolute Gasteiger partial charge is 0.497 e. The maximum Gasteiger partial charge on any atom is 0.118 e. The number of hydrogen-bond donors (Lipinski definition) is 1. The number of hydrogen-bond acceptors (Lipinski definition) is 7. The standard InChI is InChI=1S/C36H48O7/c1-35(22-23-37,42-26-30-12-16-32(39-4)17-13-30)20-18-33(41-25-29-10-14-31(38-3)15-11-29)34-19-21-36(2,43-34)27-40-24-28-8-6-5-7-9-28/h5-17,33-34,37H,18-27H2,1-4H3/t33-,34-,35+,36-/m1/s1. The van der Waals surface area contributed by atoms with Crippen LogP contribution in [-0.4, -0.2) is 55.9 Å². The smallest absolute Gasteiger partial charge is 0.118 e. The van der Waals surface area contributed by atoms with Gasteiger partial charge in [-0.15, -0.1) is 0 Å². The molecule has 0 saturated carbocycles. The van der Waals surface area contributed by atoms with Crippen molar-refractivity contribution in [3.05, 3.63) is 95.6 Å². The molecule has 0 spiro atoms. The average molecular weight is 593 g/mol. The summed E-state index contributed by atoms with van der Waals surface area (Å²) in [7, 11) is 3.32. The maximum atomic E-state index is 9.90. The lowest BCUT2D eigenvalue weighted by molar-refractivity contribution is -0.138. The van der Waals surface area contributed by atoms with Gasteiger partial charge in [-0.3, -0.25) is 0 Å². The molecule has 4 atom stereocenters. The highest BCUT2D eigenvalue weighted by Gasteiger charge is 2.41. The van der Waals surface area contributed by atoms with Crippen LogP contribution in [0.5, 0.6) is 11.5 Å². The maximum absolute atomic E-state index is 9.90. The summed E-state index contributed by atoms with van der Waals surface area (Å²) in [5.41, 5.74) is 2.39. The van der Waals surface area contributed by atoms with Gasteiger partial charge in [0.1, 0.15) is 11.5 Å². The van der Waals surface area contributed by atoms with E-state index in [1.807, 2.05) is 66.7 Å². The van der Waals surface area contributed by atoms with Crippen molar-refractivity contribution < 1.29 is 33.5 Å². The molecule has 43 heavy (non-hydrogen) atoms. The van der Waals surface area contributed by atoms with Crippen LogP contribution in [0.3, 0.4) is 0 Å². The number of methoxy groups -OCH3 is 2. The Hall–Kier alpha value is -2.94. The van der Waals surface area contributed by atoms with Crippen molar-refractivity contribution in [3.63, 3.8) is 0 Å². The van der Waals surface area contributed by atoms with E-state index in [-0.39, 0.29) is 24.4 Å². The van der Waals surface area contributed by atoms with Gasteiger partial charge in [-0.25, -0.2) is 0 Å². The first-order chi connectivity index (χ1) is 20.8. The zero-order valence-corrected chi connectivity index (χ0v) is 26.1. The van der Waals surface area contributed by atoms with E-state index in [2.05, 4.69) is 26.0 Å². The third-order valence-corrected chi connectivity index (χ3v) is 8.30. The number of aliphatic hydroxyl groups is 1. The van der Waals surface area contributed by atoms with Crippen molar-refractivity contribution >= 4 is 0 Å². The van der Waals surface area contributed by atoms with E-state index in [1.165, 1.54) is 0 Å². The van der Waals surface area contributed by atoms with Crippen molar-refractivity contribution in [3.8, 4) is 11.5 Å². The highest BCUT2D eigenvalue weighted by molar-refractivity contribution is 5.27. The molecule has 0 bridgehead atoms. The zero-order valence-electron chi connectivity index (χ0n) is 26.1. The summed E-state index contributed by atoms with van der Waals surface area (Å²) in [5.74, 6) is 1.63. The van der Waals surface area contributed by atoms with Crippen LogP contribution in [0.25, 0.3) is 0 Å². The minimum absolute atomic E-state index is 0.0488. The molecule has 7 heteroatoms. The lowest BCUT2D eigenvalue weighted by atomic mass is 9.92. The summed E-state index contributed by atoms with van der Waals surface area (Å²) >= 11 is 0. The van der Waals surface area contributed by atoms with Crippen LogP contribution in [0.4, 0.5) is 0 Å². The van der Waals surface area contributed by atoms with Crippen molar-refractivity contribution in [2.45, 2.75) is 89.2 Å². The minimum atomic E-state index is -0.517. The lowest BCUT2D eigenvalue weighted by Gasteiger charge is -2.33. The highest BCUT2D eigenvalue weighted by atomic mass is 16.6. The molecule has 1 fully saturated rings. The molecule has 4 rings (SSSR count). The third-order valence-electron chi connectivity index (χ3n) is 8.30. The molecule has 0 radical (unpaired) electrons. The molecule has 0 amide bonds. The third kappa shape index (κ3) is 10.3. The molecule has 0 aliphatic carbocycles. The molecule has 1 aliphatic heterocycles. The van der Waals surface area contributed by atoms with Gasteiger partial charge in [-0.2, -0.15) is 0 Å². The molecule has 0 aromatic heterocycles. The molecule has 1 heterocycles. The Labute approximate surface area is 257 Å². The normalized spacial score (nSPS) is 20.4. The van der Waals surface area contributed by atoms with Gasteiger partial charge in [0.15, 0.2) is 0 Å². The Balaban J connectivity index is 1.39. The van der Waals surface area contributed by atoms with Crippen molar-refractivity contribution in [2.24, 2.45) is 0 Å². The van der Waals surface area contributed by atoms with Crippen LogP contribution in [0.1, 0.15) is 62.6 Å². The number of benzene rings is 3. The zero-order chi connectivity index (χ0) is 30.5. The summed E-state index contributed by atoms with van der Waals surface area (Å²) in [4.78, 5) is 0. The van der Waals surface area contributed by atoms with Crippen molar-refractivity contribution in [2.75, 3.05) is 27.4 Å². The second-order valence-electron chi connectivity index (χ2n) is 11.9. The van der Waals surface area contributed by atoms with Crippen LogP contribution in [0.15, 0.2) is 78.9 Å². The SMILES string of the molecule is COc1ccc(CO[C@H](CC[C@@](C)(CCO)OCc2ccc(OC)cc2)[C@H]2CC[C@](C)(COCc3ccccc3)O2)cc1. The van der Waals surface area contributed by atoms with E-state index in [0.717, 1.165) is 53.9 Å². The van der Waals surface area contributed by atoms with Gasteiger partial charge in [0.25, 0.3) is 0 Å². The number of aliphatic hydroxyl groups excluding tert-OH is 1. The first-order valence-electron chi connectivity index (χ1n) is 15.3. The van der Waals surface area contributed by atoms with E-state index < -0.39 is 5.60 Å². The first kappa shape index (κ1) is 33.0. The van der Waals surface area contributed by atoms with Gasteiger partial charge in [0.2, 0.25) is 0 Å². The fourth-order valence-electron chi connectivity index (χ4n) is 5.49. The Bertz CT molecular complexity index is 1200. The van der Waals surface area contributed by atoms with E-state index in [1.54, 1.807) is 14.2 Å². The van der Waals surface area contributed by atoms with Crippen molar-refractivity contribution in [1.82, 2.24) is 0 Å². The molecule has 1 N–H and O–H groups in total. The second kappa shape index (κ2) is 16.2. The highest BCUT2D eigenvalue weighted by Crippen LogP contribution is 2.36. The predicted molar refractivity (Wildman–Crippen MR) is 167 cm³/mol. The summed E-state index contributed by atoms with van der Waals surface area (Å²) in [6.45, 7) is 6.27. The molecule has 3 aromatic rings.